The van der Waals surface area contributed by atoms with Gasteiger partial charge < -0.3 is 9.72 Å². The van der Waals surface area contributed by atoms with Crippen LogP contribution in [0.2, 0.25) is 0 Å². The first kappa shape index (κ1) is 11.8. The Balaban J connectivity index is 1.76. The Morgan fingerprint density at radius 1 is 0.895 bits per heavy atom. The number of nitrogens with one attached hydrogen (secondary N) is 1. The molecule has 3 rings (SSSR count). The zero-order valence-electron chi connectivity index (χ0n) is 11.2. The highest BCUT2D eigenvalue weighted by Crippen LogP contribution is 2.19. The van der Waals surface area contributed by atoms with Crippen molar-refractivity contribution >= 4 is 10.9 Å². The average Bonchev–Trinajstić information content (AvgIpc) is 2.80. The fourth-order valence-corrected chi connectivity index (χ4v) is 2.17. The molecule has 0 bridgehead atoms. The second kappa shape index (κ2) is 4.81. The number of H-pyrrole nitrogens is 1. The number of hydrogen-bond acceptors (Lipinski definition) is 1. The van der Waals surface area contributed by atoms with Crippen molar-refractivity contribution < 1.29 is 4.74 Å². The van der Waals surface area contributed by atoms with Crippen molar-refractivity contribution in [3.05, 3.63) is 65.4 Å². The van der Waals surface area contributed by atoms with Gasteiger partial charge in [0.05, 0.1) is 5.69 Å². The molecule has 0 saturated carbocycles. The van der Waals surface area contributed by atoms with Gasteiger partial charge in [0, 0.05) is 5.52 Å². The van der Waals surface area contributed by atoms with Crippen molar-refractivity contribution in [2.45, 2.75) is 20.5 Å². The van der Waals surface area contributed by atoms with Crippen LogP contribution in [-0.4, -0.2) is 4.98 Å². The van der Waals surface area contributed by atoms with Gasteiger partial charge in [-0.1, -0.05) is 29.8 Å². The molecule has 0 spiro atoms. The summed E-state index contributed by atoms with van der Waals surface area (Å²) in [6, 6.07) is 16.7. The minimum atomic E-state index is 0.566. The van der Waals surface area contributed by atoms with Crippen LogP contribution in [0, 0.1) is 13.8 Å². The summed E-state index contributed by atoms with van der Waals surface area (Å²) in [5, 5.41) is 1.23. The lowest BCUT2D eigenvalue weighted by Gasteiger charge is -2.04. The van der Waals surface area contributed by atoms with Gasteiger partial charge in [-0.25, -0.2) is 0 Å². The van der Waals surface area contributed by atoms with E-state index in [0.29, 0.717) is 6.61 Å². The number of hydrogen-bond donors (Lipinski definition) is 1. The normalized spacial score (nSPS) is 10.8. The van der Waals surface area contributed by atoms with Crippen LogP contribution in [-0.2, 0) is 6.61 Å². The Labute approximate surface area is 113 Å². The molecule has 0 unspecified atom stereocenters. The molecule has 1 aromatic heterocycles. The highest BCUT2D eigenvalue weighted by molar-refractivity contribution is 5.80. The minimum absolute atomic E-state index is 0.566. The van der Waals surface area contributed by atoms with E-state index in [1.54, 1.807) is 0 Å². The van der Waals surface area contributed by atoms with E-state index in [4.69, 9.17) is 4.74 Å². The van der Waals surface area contributed by atoms with Crippen LogP contribution >= 0.6 is 0 Å². The maximum absolute atomic E-state index is 5.78. The molecule has 0 aliphatic rings. The van der Waals surface area contributed by atoms with E-state index in [1.165, 1.54) is 22.0 Å². The smallest absolute Gasteiger partial charge is 0.128 e. The Kier molecular flexibility index (Phi) is 3.00. The SMILES string of the molecule is Cc1ccc(OCc2cc3ccc(C)cc3[nH]2)cc1. The van der Waals surface area contributed by atoms with Gasteiger partial charge in [-0.15, -0.1) is 0 Å². The molecule has 0 aliphatic heterocycles. The molecule has 1 heterocycles. The highest BCUT2D eigenvalue weighted by atomic mass is 16.5. The van der Waals surface area contributed by atoms with Crippen LogP contribution in [0.3, 0.4) is 0 Å². The monoisotopic (exact) mass is 251 g/mol. The molecule has 0 aliphatic carbocycles. The zero-order valence-corrected chi connectivity index (χ0v) is 11.2. The molecule has 0 atom stereocenters. The standard InChI is InChI=1S/C17H17NO/c1-12-4-7-16(8-5-12)19-11-15-10-14-6-3-13(2)9-17(14)18-15/h3-10,18H,11H2,1-2H3. The number of rotatable bonds is 3. The molecular weight excluding hydrogens is 234 g/mol. The first-order valence-corrected chi connectivity index (χ1v) is 6.48. The summed E-state index contributed by atoms with van der Waals surface area (Å²) < 4.78 is 5.78. The zero-order chi connectivity index (χ0) is 13.2. The van der Waals surface area contributed by atoms with Gasteiger partial charge in [-0.3, -0.25) is 0 Å². The first-order chi connectivity index (χ1) is 9.20. The fraction of sp³-hybridized carbons (Fsp3) is 0.176. The summed E-state index contributed by atoms with van der Waals surface area (Å²) in [5.41, 5.74) is 4.78. The number of fused-ring (bicyclic) bond motifs is 1. The molecule has 2 aromatic carbocycles. The number of aryl methyl sites for hydroxylation is 2. The van der Waals surface area contributed by atoms with Crippen LogP contribution in [0.15, 0.2) is 48.5 Å². The van der Waals surface area contributed by atoms with Gasteiger partial charge >= 0.3 is 0 Å². The van der Waals surface area contributed by atoms with Gasteiger partial charge in [0.1, 0.15) is 12.4 Å². The number of aromatic amines is 1. The number of aromatic nitrogens is 1. The maximum atomic E-state index is 5.78. The summed E-state index contributed by atoms with van der Waals surface area (Å²) in [6.45, 7) is 4.74. The van der Waals surface area contributed by atoms with Crippen LogP contribution < -0.4 is 4.74 Å². The fourth-order valence-electron chi connectivity index (χ4n) is 2.17. The molecule has 0 fully saturated rings. The van der Waals surface area contributed by atoms with Crippen molar-refractivity contribution in [2.75, 3.05) is 0 Å². The van der Waals surface area contributed by atoms with Crippen molar-refractivity contribution in [1.82, 2.24) is 4.98 Å². The Bertz CT molecular complexity index is 695. The van der Waals surface area contributed by atoms with E-state index < -0.39 is 0 Å². The molecule has 0 amide bonds. The molecule has 1 N–H and O–H groups in total. The van der Waals surface area contributed by atoms with E-state index in [2.05, 4.69) is 55.2 Å². The van der Waals surface area contributed by atoms with Crippen LogP contribution in [0.4, 0.5) is 0 Å². The first-order valence-electron chi connectivity index (χ1n) is 6.48. The quantitative estimate of drug-likeness (QED) is 0.735. The third-order valence-corrected chi connectivity index (χ3v) is 3.25. The van der Waals surface area contributed by atoms with Gasteiger partial charge in [-0.05, 0) is 49.1 Å². The number of ether oxygens (including phenoxy) is 1. The topological polar surface area (TPSA) is 25.0 Å². The van der Waals surface area contributed by atoms with Crippen molar-refractivity contribution in [2.24, 2.45) is 0 Å². The molecule has 0 saturated heterocycles. The van der Waals surface area contributed by atoms with Crippen molar-refractivity contribution in [3.63, 3.8) is 0 Å². The summed E-state index contributed by atoms with van der Waals surface area (Å²) in [5.74, 6) is 0.903. The van der Waals surface area contributed by atoms with E-state index in [1.807, 2.05) is 12.1 Å². The predicted octanol–water partition coefficient (Wildman–Crippen LogP) is 4.36. The molecular formula is C17H17NO. The van der Waals surface area contributed by atoms with E-state index >= 15 is 0 Å². The molecule has 0 radical (unpaired) electrons. The highest BCUT2D eigenvalue weighted by Gasteiger charge is 2.02. The molecule has 96 valence electrons. The lowest BCUT2D eigenvalue weighted by atomic mass is 10.2. The largest absolute Gasteiger partial charge is 0.487 e. The molecule has 2 heteroatoms. The summed E-state index contributed by atoms with van der Waals surface area (Å²) in [7, 11) is 0. The average molecular weight is 251 g/mol. The van der Waals surface area contributed by atoms with E-state index in [-0.39, 0.29) is 0 Å². The van der Waals surface area contributed by atoms with Crippen molar-refractivity contribution in [1.29, 1.82) is 0 Å². The van der Waals surface area contributed by atoms with Gasteiger partial charge in [0.15, 0.2) is 0 Å². The summed E-state index contributed by atoms with van der Waals surface area (Å²) in [6.07, 6.45) is 0. The molecule has 2 nitrogen and oxygen atoms in total. The summed E-state index contributed by atoms with van der Waals surface area (Å²) >= 11 is 0. The Morgan fingerprint density at radius 2 is 1.63 bits per heavy atom. The lowest BCUT2D eigenvalue weighted by Crippen LogP contribution is -1.95. The van der Waals surface area contributed by atoms with Gasteiger partial charge in [0.25, 0.3) is 0 Å². The van der Waals surface area contributed by atoms with E-state index in [9.17, 15) is 0 Å². The van der Waals surface area contributed by atoms with Crippen LogP contribution in [0.5, 0.6) is 5.75 Å². The number of benzene rings is 2. The second-order valence-electron chi connectivity index (χ2n) is 4.99. The Hall–Kier alpha value is -2.22. The lowest BCUT2D eigenvalue weighted by molar-refractivity contribution is 0.302. The third-order valence-electron chi connectivity index (χ3n) is 3.25. The molecule has 3 aromatic rings. The minimum Gasteiger partial charge on any atom is -0.487 e. The van der Waals surface area contributed by atoms with Crippen LogP contribution in [0.1, 0.15) is 16.8 Å². The van der Waals surface area contributed by atoms with Gasteiger partial charge in [-0.2, -0.15) is 0 Å². The predicted molar refractivity (Wildman–Crippen MR) is 78.5 cm³/mol. The second-order valence-corrected chi connectivity index (χ2v) is 4.99. The molecule has 19 heavy (non-hydrogen) atoms. The van der Waals surface area contributed by atoms with Crippen LogP contribution in [0.25, 0.3) is 10.9 Å². The van der Waals surface area contributed by atoms with E-state index in [0.717, 1.165) is 11.4 Å². The Morgan fingerprint density at radius 3 is 2.42 bits per heavy atom. The maximum Gasteiger partial charge on any atom is 0.128 e. The van der Waals surface area contributed by atoms with Gasteiger partial charge in [0.2, 0.25) is 0 Å². The van der Waals surface area contributed by atoms with Crippen molar-refractivity contribution in [3.8, 4) is 5.75 Å². The summed E-state index contributed by atoms with van der Waals surface area (Å²) in [4.78, 5) is 3.39. The third kappa shape index (κ3) is 2.63.